The van der Waals surface area contributed by atoms with E-state index in [1.165, 1.54) is 29.2 Å². The molecule has 1 aliphatic heterocycles. The molecule has 5 rings (SSSR count). The molecular formula is C26H27F3N6O7S. The number of amides is 1. The first-order valence-corrected chi connectivity index (χ1v) is 14.5. The Morgan fingerprint density at radius 1 is 1.09 bits per heavy atom. The van der Waals surface area contributed by atoms with Gasteiger partial charge < -0.3 is 9.57 Å². The third-order valence-electron chi connectivity index (χ3n) is 6.54. The summed E-state index contributed by atoms with van der Waals surface area (Å²) in [5, 5.41) is 6.19. The van der Waals surface area contributed by atoms with Crippen LogP contribution in [0.1, 0.15) is 25.1 Å². The smallest absolute Gasteiger partial charge is 0.425 e. The van der Waals surface area contributed by atoms with Crippen LogP contribution in [0.4, 0.5) is 13.2 Å². The molecule has 0 bridgehead atoms. The summed E-state index contributed by atoms with van der Waals surface area (Å²) in [6.07, 6.45) is -4.69. The second-order valence-corrected chi connectivity index (χ2v) is 11.8. The van der Waals surface area contributed by atoms with E-state index in [4.69, 9.17) is 14.2 Å². The quantitative estimate of drug-likeness (QED) is 0.208. The maximum Gasteiger partial charge on any atom is 0.435 e. The number of sulfonamides is 1. The number of esters is 1. The Morgan fingerprint density at radius 2 is 1.74 bits per heavy atom. The Labute approximate surface area is 243 Å². The zero-order chi connectivity index (χ0) is 31.1. The van der Waals surface area contributed by atoms with Crippen LogP contribution in [0.25, 0.3) is 16.9 Å². The van der Waals surface area contributed by atoms with Gasteiger partial charge in [0.1, 0.15) is 5.02 Å². The molecule has 0 aliphatic carbocycles. The van der Waals surface area contributed by atoms with Gasteiger partial charge >= 0.3 is 12.1 Å². The molecule has 3 heterocycles. The molecule has 0 spiro atoms. The van der Waals surface area contributed by atoms with Crippen LogP contribution in [-0.4, -0.2) is 59.9 Å². The Morgan fingerprint density at radius 3 is 2.35 bits per heavy atom. The molecule has 230 valence electrons. The average molecular weight is 625 g/mol. The molecule has 1 aliphatic rings. The molecule has 2 aromatic heterocycles. The van der Waals surface area contributed by atoms with Gasteiger partial charge in [-0.2, -0.15) is 22.9 Å². The first kappa shape index (κ1) is 29.8. The zero-order valence-electron chi connectivity index (χ0n) is 23.1. The lowest BCUT2D eigenvalue weighted by atomic mass is 10.0. The Bertz CT molecular complexity index is 1710. The van der Waals surface area contributed by atoms with E-state index in [0.717, 1.165) is 21.3 Å². The van der Waals surface area contributed by atoms with Crippen molar-refractivity contribution in [2.75, 3.05) is 24.9 Å². The lowest BCUT2D eigenvalue weighted by Gasteiger charge is -2.34. The van der Waals surface area contributed by atoms with Gasteiger partial charge in [-0.05, 0) is 37.3 Å². The Hall–Kier alpha value is -4.67. The third-order valence-corrected chi connectivity index (χ3v) is 7.90. The second-order valence-electron chi connectivity index (χ2n) is 10.2. The van der Waals surface area contributed by atoms with Gasteiger partial charge in [-0.1, -0.05) is 43.7 Å². The monoisotopic (exact) mass is 624 g/mol. The molecule has 0 radical (unpaired) electrons. The number of hydrogen-bond acceptors (Lipinski definition) is 9. The summed E-state index contributed by atoms with van der Waals surface area (Å²) in [6.45, 7) is 5.05. The van der Waals surface area contributed by atoms with E-state index in [9.17, 15) is 31.2 Å². The number of carbonyl (C=O) groups excluding carboxylic acids is 2. The molecule has 1 saturated heterocycles. The topological polar surface area (TPSA) is 143 Å². The van der Waals surface area contributed by atoms with Crippen molar-refractivity contribution in [2.45, 2.75) is 31.8 Å². The van der Waals surface area contributed by atoms with Gasteiger partial charge in [-0.15, -0.1) is 0 Å². The summed E-state index contributed by atoms with van der Waals surface area (Å²) in [7, 11) is -4.28. The summed E-state index contributed by atoms with van der Waals surface area (Å²) in [5.74, 6) is -2.20. The van der Waals surface area contributed by atoms with Crippen LogP contribution in [0.2, 0.25) is 0 Å². The normalized spacial score (nSPS) is 14.2. The minimum atomic E-state index is -4.69. The summed E-state index contributed by atoms with van der Waals surface area (Å²) in [6, 6.07) is 12.7. The number of rotatable bonds is 10. The van der Waals surface area contributed by atoms with Crippen molar-refractivity contribution >= 4 is 21.9 Å². The van der Waals surface area contributed by atoms with Crippen molar-refractivity contribution in [3.63, 3.8) is 0 Å². The van der Waals surface area contributed by atoms with Crippen molar-refractivity contribution in [2.24, 2.45) is 11.8 Å². The average Bonchev–Trinajstić information content (AvgIpc) is 3.50. The van der Waals surface area contributed by atoms with Crippen molar-refractivity contribution in [1.29, 1.82) is 0 Å². The van der Waals surface area contributed by atoms with Gasteiger partial charge in [0.2, 0.25) is 5.91 Å². The predicted octanol–water partition coefficient (Wildman–Crippen LogP) is 2.72. The molecule has 43 heavy (non-hydrogen) atoms. The molecule has 4 aromatic rings. The van der Waals surface area contributed by atoms with Crippen LogP contribution < -0.4 is 14.6 Å². The van der Waals surface area contributed by atoms with Crippen LogP contribution in [-0.2, 0) is 30.5 Å². The number of halogens is 3. The minimum Gasteiger partial charge on any atom is -0.425 e. The van der Waals surface area contributed by atoms with Crippen molar-refractivity contribution in [3.05, 3.63) is 65.9 Å². The number of benzene rings is 2. The van der Waals surface area contributed by atoms with E-state index >= 15 is 0 Å². The SMILES string of the molecule is Cc1ccc(-c2cc(C(F)(F)F)nn2-c2ccc(S(=O)(=O)NC(=O)C3CN(n4on4OCOC(=O)C(C)C)C3)cc2)cc1. The Balaban J connectivity index is 1.21. The van der Waals surface area contributed by atoms with E-state index in [1.807, 2.05) is 11.6 Å². The third kappa shape index (κ3) is 6.55. The Kier molecular flexibility index (Phi) is 7.76. The summed E-state index contributed by atoms with van der Waals surface area (Å²) in [5.41, 5.74) is 0.674. The van der Waals surface area contributed by atoms with E-state index < -0.39 is 39.7 Å². The molecule has 0 unspecified atom stereocenters. The number of aryl methyl sites for hydroxylation is 1. The molecule has 2 aromatic carbocycles. The fourth-order valence-electron chi connectivity index (χ4n) is 4.02. The van der Waals surface area contributed by atoms with E-state index in [2.05, 4.69) is 5.10 Å². The molecule has 1 N–H and O–H groups in total. The van der Waals surface area contributed by atoms with Crippen molar-refractivity contribution in [1.82, 2.24) is 24.5 Å². The standard InChI is InChI=1S/C26H27F3N6O7S/c1-16(2)25(37)40-15-41-35-34(42-35)32-13-19(14-32)24(36)31-43(38,39)21-10-8-20(9-11-21)33-22(12-23(30-33)26(27,28)29)18-6-4-17(3)5-7-18/h4-12,16,19H,13-15H2,1-3H3,(H,31,36). The van der Waals surface area contributed by atoms with Gasteiger partial charge in [0, 0.05) is 10.5 Å². The predicted molar refractivity (Wildman–Crippen MR) is 143 cm³/mol. The second kappa shape index (κ2) is 11.2. The van der Waals surface area contributed by atoms with Gasteiger partial charge in [0.25, 0.3) is 16.8 Å². The molecule has 13 nitrogen and oxygen atoms in total. The maximum atomic E-state index is 13.5. The zero-order valence-corrected chi connectivity index (χ0v) is 23.9. The number of alkyl halides is 3. The number of aromatic nitrogens is 4. The molecule has 1 fully saturated rings. The fraction of sp³-hybridized carbons (Fsp3) is 0.346. The highest BCUT2D eigenvalue weighted by molar-refractivity contribution is 7.90. The molecule has 17 heteroatoms. The number of ether oxygens (including phenoxy) is 1. The van der Waals surface area contributed by atoms with Crippen LogP contribution in [0.5, 0.6) is 0 Å². The molecule has 1 amide bonds. The minimum absolute atomic E-state index is 0.120. The van der Waals surface area contributed by atoms with E-state index in [0.29, 0.717) is 5.56 Å². The summed E-state index contributed by atoms with van der Waals surface area (Å²) < 4.78 is 79.2. The van der Waals surface area contributed by atoms with Gasteiger partial charge in [-0.25, -0.2) is 17.8 Å². The lowest BCUT2D eigenvalue weighted by molar-refractivity contribution is -0.163. The van der Waals surface area contributed by atoms with Crippen molar-refractivity contribution in [3.8, 4) is 16.9 Å². The highest BCUT2D eigenvalue weighted by Crippen LogP contribution is 2.33. The highest BCUT2D eigenvalue weighted by Gasteiger charge is 2.40. The van der Waals surface area contributed by atoms with Crippen LogP contribution in [0.3, 0.4) is 0 Å². The number of nitrogens with zero attached hydrogens (tertiary/aromatic N) is 5. The van der Waals surface area contributed by atoms with Crippen LogP contribution >= 0.6 is 0 Å². The largest absolute Gasteiger partial charge is 0.435 e. The van der Waals surface area contributed by atoms with Gasteiger partial charge in [0.15, 0.2) is 5.69 Å². The van der Waals surface area contributed by atoms with Crippen LogP contribution in [0, 0.1) is 18.8 Å². The van der Waals surface area contributed by atoms with E-state index in [-0.39, 0.29) is 42.1 Å². The maximum absolute atomic E-state index is 13.5. The number of nitrogens with one attached hydrogen (secondary N) is 1. The first-order valence-electron chi connectivity index (χ1n) is 13.0. The molecule has 0 saturated carbocycles. The molecule has 0 atom stereocenters. The van der Waals surface area contributed by atoms with Crippen LogP contribution in [0.15, 0.2) is 64.1 Å². The fourth-order valence-corrected chi connectivity index (χ4v) is 5.06. The summed E-state index contributed by atoms with van der Waals surface area (Å²) in [4.78, 5) is 30.0. The molecular weight excluding hydrogens is 597 g/mol. The first-order chi connectivity index (χ1) is 20.2. The number of hydrogen-bond donors (Lipinski definition) is 1. The van der Waals surface area contributed by atoms with Gasteiger partial charge in [0.05, 0.1) is 41.2 Å². The van der Waals surface area contributed by atoms with Crippen molar-refractivity contribution < 1.29 is 45.4 Å². The number of carbonyl (C=O) groups is 2. The summed E-state index contributed by atoms with van der Waals surface area (Å²) >= 11 is 0. The van der Waals surface area contributed by atoms with Gasteiger partial charge in [-0.3, -0.25) is 14.6 Å². The highest BCUT2D eigenvalue weighted by atomic mass is 32.2. The lowest BCUT2D eigenvalue weighted by Crippen LogP contribution is -2.58. The van der Waals surface area contributed by atoms with E-state index in [1.54, 1.807) is 43.1 Å².